The van der Waals surface area contributed by atoms with E-state index in [2.05, 4.69) is 0 Å². The lowest BCUT2D eigenvalue weighted by Gasteiger charge is -2.40. The van der Waals surface area contributed by atoms with Crippen LogP contribution >= 0.6 is 0 Å². The first-order valence-electron chi connectivity index (χ1n) is 9.01. The number of amides is 2. The maximum Gasteiger partial charge on any atom is 0.416 e. The molecule has 2 atom stereocenters. The Morgan fingerprint density at radius 2 is 1.81 bits per heavy atom. The molecular formula is C21H15F3N4O3S. The number of benzene rings is 2. The first-order valence-corrected chi connectivity index (χ1v) is 10.1. The average molecular weight is 460 g/mol. The largest absolute Gasteiger partial charge is 0.416 e. The van der Waals surface area contributed by atoms with Gasteiger partial charge in [0.1, 0.15) is 0 Å². The topological polar surface area (TPSA) is 108 Å². The van der Waals surface area contributed by atoms with Gasteiger partial charge in [-0.15, -0.1) is 0 Å². The minimum Gasteiger partial charge on any atom is -0.315 e. The van der Waals surface area contributed by atoms with Gasteiger partial charge in [-0.25, -0.2) is 9.00 Å². The van der Waals surface area contributed by atoms with Crippen molar-refractivity contribution in [3.63, 3.8) is 0 Å². The molecule has 0 bridgehead atoms. The first-order chi connectivity index (χ1) is 15.0. The van der Waals surface area contributed by atoms with Gasteiger partial charge in [0.2, 0.25) is 0 Å². The number of nitrogens with zero attached hydrogens (tertiary/aromatic N) is 4. The van der Waals surface area contributed by atoms with Gasteiger partial charge in [0.05, 0.1) is 45.5 Å². The number of alkyl halides is 3. The fourth-order valence-electron chi connectivity index (χ4n) is 3.54. The molecule has 0 aromatic heterocycles. The van der Waals surface area contributed by atoms with E-state index in [-0.39, 0.29) is 33.0 Å². The smallest absolute Gasteiger partial charge is 0.315 e. The minimum atomic E-state index is -4.62. The summed E-state index contributed by atoms with van der Waals surface area (Å²) in [7, 11) is 1.33. The number of anilines is 1. The zero-order valence-corrected chi connectivity index (χ0v) is 17.5. The fraction of sp³-hybridized carbons (Fsp3) is 0.190. The maximum absolute atomic E-state index is 13.2. The van der Waals surface area contributed by atoms with E-state index in [4.69, 9.17) is 5.26 Å². The number of halogens is 3. The second-order valence-electron chi connectivity index (χ2n) is 6.90. The molecule has 3 rings (SSSR count). The summed E-state index contributed by atoms with van der Waals surface area (Å²) in [5, 5.41) is 18.9. The van der Waals surface area contributed by atoms with Crippen LogP contribution in [0.4, 0.5) is 23.7 Å². The summed E-state index contributed by atoms with van der Waals surface area (Å²) in [6.45, 7) is 1.41. The van der Waals surface area contributed by atoms with Gasteiger partial charge in [0.15, 0.2) is 11.1 Å². The second-order valence-corrected chi connectivity index (χ2v) is 7.84. The van der Waals surface area contributed by atoms with Crippen LogP contribution in [0.25, 0.3) is 0 Å². The number of urea groups is 1. The Kier molecular flexibility index (Phi) is 6.08. The predicted molar refractivity (Wildman–Crippen MR) is 108 cm³/mol. The van der Waals surface area contributed by atoms with Crippen molar-refractivity contribution in [3.05, 3.63) is 70.4 Å². The molecule has 1 heterocycles. The van der Waals surface area contributed by atoms with Crippen LogP contribution in [0.1, 0.15) is 29.7 Å². The van der Waals surface area contributed by atoms with Crippen molar-refractivity contribution in [2.24, 2.45) is 0 Å². The highest BCUT2D eigenvalue weighted by atomic mass is 32.2. The molecule has 0 radical (unpaired) electrons. The standard InChI is InChI=1S/C21H15F3N4O3S/c1-12-17(11-26)19(16-7-6-13(10-25)8-18(16)32(30)31)27(2)20(29)28(12)15-5-3-4-14(9-15)21(22,23)24/h3-9,19H,1-2H3,(H,30,31). The molecule has 0 aliphatic carbocycles. The summed E-state index contributed by atoms with van der Waals surface area (Å²) in [6, 6.07) is 10.1. The Morgan fingerprint density at radius 1 is 1.12 bits per heavy atom. The number of hydrogen-bond acceptors (Lipinski definition) is 4. The molecule has 7 nitrogen and oxygen atoms in total. The number of likely N-dealkylation sites (N-methyl/N-ethyl adjacent to an activating group) is 1. The molecule has 1 N–H and O–H groups in total. The van der Waals surface area contributed by atoms with E-state index in [9.17, 15) is 32.0 Å². The van der Waals surface area contributed by atoms with Gasteiger partial charge in [-0.1, -0.05) is 12.1 Å². The normalized spacial score (nSPS) is 17.8. The van der Waals surface area contributed by atoms with Crippen molar-refractivity contribution in [2.45, 2.75) is 24.0 Å². The highest BCUT2D eigenvalue weighted by Crippen LogP contribution is 2.41. The van der Waals surface area contributed by atoms with E-state index in [1.54, 1.807) is 0 Å². The first kappa shape index (κ1) is 23.0. The Morgan fingerprint density at radius 3 is 2.38 bits per heavy atom. The van der Waals surface area contributed by atoms with Crippen LogP contribution in [-0.2, 0) is 17.3 Å². The molecule has 2 amide bonds. The molecule has 0 saturated heterocycles. The fourth-order valence-corrected chi connectivity index (χ4v) is 4.15. The molecule has 1 aliphatic heterocycles. The maximum atomic E-state index is 13.2. The van der Waals surface area contributed by atoms with E-state index >= 15 is 0 Å². The van der Waals surface area contributed by atoms with Crippen molar-refractivity contribution in [1.29, 1.82) is 10.5 Å². The van der Waals surface area contributed by atoms with E-state index in [0.29, 0.717) is 0 Å². The molecular weight excluding hydrogens is 445 g/mol. The van der Waals surface area contributed by atoms with Gasteiger partial charge < -0.3 is 9.45 Å². The van der Waals surface area contributed by atoms with Crippen LogP contribution in [0.5, 0.6) is 0 Å². The molecule has 2 aromatic carbocycles. The highest BCUT2D eigenvalue weighted by Gasteiger charge is 2.40. The van der Waals surface area contributed by atoms with Gasteiger partial charge in [-0.3, -0.25) is 4.90 Å². The van der Waals surface area contributed by atoms with Crippen molar-refractivity contribution in [2.75, 3.05) is 11.9 Å². The summed E-state index contributed by atoms with van der Waals surface area (Å²) in [5.41, 5.74) is -0.684. The van der Waals surface area contributed by atoms with Crippen LogP contribution < -0.4 is 4.90 Å². The zero-order valence-electron chi connectivity index (χ0n) is 16.7. The Bertz CT molecular complexity index is 1240. The van der Waals surface area contributed by atoms with Crippen LogP contribution in [-0.4, -0.2) is 26.7 Å². The second kappa shape index (κ2) is 8.46. The van der Waals surface area contributed by atoms with E-state index < -0.39 is 34.9 Å². The van der Waals surface area contributed by atoms with Gasteiger partial charge in [-0.05, 0) is 42.8 Å². The summed E-state index contributed by atoms with van der Waals surface area (Å²) in [6.07, 6.45) is -4.62. The summed E-state index contributed by atoms with van der Waals surface area (Å²) in [4.78, 5) is 15.1. The quantitative estimate of drug-likeness (QED) is 0.675. The molecule has 32 heavy (non-hydrogen) atoms. The van der Waals surface area contributed by atoms with Gasteiger partial charge >= 0.3 is 12.2 Å². The molecule has 0 saturated carbocycles. The lowest BCUT2D eigenvalue weighted by atomic mass is 9.93. The molecule has 0 spiro atoms. The van der Waals surface area contributed by atoms with Crippen molar-refractivity contribution >= 4 is 22.8 Å². The lowest BCUT2D eigenvalue weighted by Crippen LogP contribution is -2.47. The predicted octanol–water partition coefficient (Wildman–Crippen LogP) is 4.57. The lowest BCUT2D eigenvalue weighted by molar-refractivity contribution is -0.137. The molecule has 11 heteroatoms. The Hall–Kier alpha value is -3.67. The molecule has 2 aromatic rings. The molecule has 164 valence electrons. The van der Waals surface area contributed by atoms with Gasteiger partial charge in [-0.2, -0.15) is 23.7 Å². The molecule has 0 fully saturated rings. The number of carbonyl (C=O) groups excluding carboxylic acids is 1. The third-order valence-electron chi connectivity index (χ3n) is 5.06. The summed E-state index contributed by atoms with van der Waals surface area (Å²) in [5.74, 6) is 0. The molecule has 1 aliphatic rings. The number of hydrogen-bond donors (Lipinski definition) is 1. The van der Waals surface area contributed by atoms with Crippen molar-refractivity contribution in [3.8, 4) is 12.1 Å². The summed E-state index contributed by atoms with van der Waals surface area (Å²) >= 11 is -2.53. The average Bonchev–Trinajstić information content (AvgIpc) is 2.75. The number of carbonyl (C=O) groups is 1. The van der Waals surface area contributed by atoms with E-state index in [0.717, 1.165) is 28.0 Å². The zero-order chi connectivity index (χ0) is 23.8. The number of allylic oxidation sites excluding steroid dienone is 1. The molecule has 2 unspecified atom stereocenters. The van der Waals surface area contributed by atoms with Crippen LogP contribution in [0.2, 0.25) is 0 Å². The Balaban J connectivity index is 2.21. The third kappa shape index (κ3) is 3.96. The number of nitriles is 2. The SMILES string of the molecule is CC1=C(C#N)C(c2ccc(C#N)cc2S(=O)O)N(C)C(=O)N1c1cccc(C(F)(F)F)c1. The van der Waals surface area contributed by atoms with Crippen LogP contribution in [0, 0.1) is 22.7 Å². The highest BCUT2D eigenvalue weighted by molar-refractivity contribution is 7.79. The van der Waals surface area contributed by atoms with Gasteiger partial charge in [0.25, 0.3) is 0 Å². The van der Waals surface area contributed by atoms with Crippen LogP contribution in [0.3, 0.4) is 0 Å². The van der Waals surface area contributed by atoms with Crippen molar-refractivity contribution < 1.29 is 26.7 Å². The Labute approximate surface area is 183 Å². The van der Waals surface area contributed by atoms with Gasteiger partial charge in [0, 0.05) is 12.7 Å². The minimum absolute atomic E-state index is 0.000851. The third-order valence-corrected chi connectivity index (χ3v) is 5.79. The van der Waals surface area contributed by atoms with E-state index in [1.165, 1.54) is 38.2 Å². The van der Waals surface area contributed by atoms with E-state index in [1.807, 2.05) is 12.1 Å². The number of rotatable bonds is 3. The van der Waals surface area contributed by atoms with Crippen LogP contribution in [0.15, 0.2) is 58.6 Å². The monoisotopic (exact) mass is 460 g/mol. The van der Waals surface area contributed by atoms with Crippen molar-refractivity contribution in [1.82, 2.24) is 4.90 Å². The summed E-state index contributed by atoms with van der Waals surface area (Å²) < 4.78 is 61.1.